The van der Waals surface area contributed by atoms with Crippen molar-refractivity contribution in [2.24, 2.45) is 7.05 Å². The predicted octanol–water partition coefficient (Wildman–Crippen LogP) is 3.10. The number of nitrogens with one attached hydrogen (secondary N) is 1. The Morgan fingerprint density at radius 3 is 2.78 bits per heavy atom. The Balaban J connectivity index is 2.32. The van der Waals surface area contributed by atoms with E-state index in [9.17, 15) is 0 Å². The molecule has 96 valence electrons. The van der Waals surface area contributed by atoms with Crippen LogP contribution in [0.3, 0.4) is 0 Å². The predicted molar refractivity (Wildman–Crippen MR) is 73.5 cm³/mol. The molecule has 1 N–H and O–H groups in total. The second kappa shape index (κ2) is 5.77. The molecule has 0 amide bonds. The molecule has 2 rings (SSSR count). The zero-order chi connectivity index (χ0) is 13.1. The lowest BCUT2D eigenvalue weighted by Crippen LogP contribution is -2.01. The number of pyridine rings is 1. The molecule has 0 saturated heterocycles. The highest BCUT2D eigenvalue weighted by Crippen LogP contribution is 2.34. The normalized spacial score (nSPS) is 10.7. The van der Waals surface area contributed by atoms with Crippen LogP contribution in [0, 0.1) is 0 Å². The molecule has 0 aliphatic heterocycles. The summed E-state index contributed by atoms with van der Waals surface area (Å²) in [6, 6.07) is 1.67. The fourth-order valence-electron chi connectivity index (χ4n) is 1.26. The molecule has 0 aliphatic carbocycles. The second-order valence-corrected chi connectivity index (χ2v) is 5.23. The monoisotopic (exact) mass is 303 g/mol. The van der Waals surface area contributed by atoms with E-state index in [-0.39, 0.29) is 0 Å². The van der Waals surface area contributed by atoms with Crippen LogP contribution in [0.15, 0.2) is 22.6 Å². The number of hydrogen-bond donors (Lipinski definition) is 1. The molecule has 0 spiro atoms. The van der Waals surface area contributed by atoms with Gasteiger partial charge in [0.25, 0.3) is 0 Å². The van der Waals surface area contributed by atoms with E-state index in [1.54, 1.807) is 17.0 Å². The molecule has 2 heterocycles. The van der Waals surface area contributed by atoms with Crippen molar-refractivity contribution in [3.05, 3.63) is 22.4 Å². The molecule has 8 heteroatoms. The summed E-state index contributed by atoms with van der Waals surface area (Å²) in [5, 5.41) is 13.2. The Morgan fingerprint density at radius 2 is 2.17 bits per heavy atom. The molecule has 0 radical (unpaired) electrons. The summed E-state index contributed by atoms with van der Waals surface area (Å²) in [6.07, 6.45) is 1.62. The number of anilines is 1. The number of aryl methyl sites for hydroxylation is 1. The highest BCUT2D eigenvalue weighted by atomic mass is 35.5. The van der Waals surface area contributed by atoms with Gasteiger partial charge >= 0.3 is 0 Å². The molecular formula is C10H11Cl2N5S. The molecule has 18 heavy (non-hydrogen) atoms. The van der Waals surface area contributed by atoms with Crippen molar-refractivity contribution >= 4 is 40.8 Å². The lowest BCUT2D eigenvalue weighted by molar-refractivity contribution is 0.787. The summed E-state index contributed by atoms with van der Waals surface area (Å²) < 4.78 is 1.80. The van der Waals surface area contributed by atoms with Gasteiger partial charge in [-0.15, -0.1) is 10.2 Å². The first-order valence-corrected chi connectivity index (χ1v) is 6.80. The first-order valence-electron chi connectivity index (χ1n) is 5.23. The summed E-state index contributed by atoms with van der Waals surface area (Å²) in [5.74, 6) is 0.619. The van der Waals surface area contributed by atoms with Gasteiger partial charge in [-0.1, -0.05) is 23.2 Å². The Morgan fingerprint density at radius 1 is 1.39 bits per heavy atom. The third kappa shape index (κ3) is 2.88. The molecule has 0 bridgehead atoms. The lowest BCUT2D eigenvalue weighted by Gasteiger charge is -2.08. The first-order chi connectivity index (χ1) is 8.61. The molecule has 5 nitrogen and oxygen atoms in total. The number of rotatable bonds is 4. The van der Waals surface area contributed by atoms with Crippen LogP contribution in [0.5, 0.6) is 0 Å². The van der Waals surface area contributed by atoms with Gasteiger partial charge in [0.05, 0.1) is 10.0 Å². The minimum Gasteiger partial charge on any atom is -0.369 e. The van der Waals surface area contributed by atoms with Crippen LogP contribution >= 0.6 is 35.0 Å². The summed E-state index contributed by atoms with van der Waals surface area (Å²) in [7, 11) is 1.86. The van der Waals surface area contributed by atoms with Crippen molar-refractivity contribution in [1.82, 2.24) is 19.7 Å². The fraction of sp³-hybridized carbons (Fsp3) is 0.300. The molecule has 0 atom stereocenters. The number of aromatic nitrogens is 4. The molecule has 0 unspecified atom stereocenters. The highest BCUT2D eigenvalue weighted by molar-refractivity contribution is 7.99. The number of nitrogens with zero attached hydrogens (tertiary/aromatic N) is 4. The van der Waals surface area contributed by atoms with Crippen LogP contribution < -0.4 is 5.32 Å². The Hall–Kier alpha value is -0.980. The van der Waals surface area contributed by atoms with E-state index in [4.69, 9.17) is 23.2 Å². The zero-order valence-corrected chi connectivity index (χ0v) is 12.1. The van der Waals surface area contributed by atoms with Gasteiger partial charge in [-0.2, -0.15) is 0 Å². The van der Waals surface area contributed by atoms with Gasteiger partial charge in [-0.3, -0.25) is 0 Å². The molecule has 0 fully saturated rings. The van der Waals surface area contributed by atoms with Crippen molar-refractivity contribution in [2.75, 3.05) is 11.9 Å². The summed E-state index contributed by atoms with van der Waals surface area (Å²) in [5.41, 5.74) is 0. The average molecular weight is 304 g/mol. The topological polar surface area (TPSA) is 55.6 Å². The van der Waals surface area contributed by atoms with Gasteiger partial charge in [-0.25, -0.2) is 4.98 Å². The van der Waals surface area contributed by atoms with E-state index in [0.717, 1.165) is 6.54 Å². The summed E-state index contributed by atoms with van der Waals surface area (Å²) in [6.45, 7) is 2.71. The zero-order valence-electron chi connectivity index (χ0n) is 9.81. The lowest BCUT2D eigenvalue weighted by atomic mass is 10.4. The SMILES string of the molecule is CCNc1nc(Sc2nncn2C)c(Cl)cc1Cl. The Labute approximate surface area is 119 Å². The van der Waals surface area contributed by atoms with Gasteiger partial charge in [0.1, 0.15) is 17.2 Å². The van der Waals surface area contributed by atoms with E-state index >= 15 is 0 Å². The standard InChI is InChI=1S/C10H11Cl2N5S/c1-3-13-8-6(11)4-7(12)9(15-8)18-10-16-14-5-17(10)2/h4-5H,3H2,1-2H3,(H,13,15). The molecule has 2 aromatic rings. The Kier molecular flexibility index (Phi) is 4.31. The van der Waals surface area contributed by atoms with E-state index in [1.807, 2.05) is 14.0 Å². The van der Waals surface area contributed by atoms with Gasteiger partial charge in [0, 0.05) is 13.6 Å². The number of hydrogen-bond acceptors (Lipinski definition) is 5. The van der Waals surface area contributed by atoms with Crippen LogP contribution in [0.4, 0.5) is 5.82 Å². The highest BCUT2D eigenvalue weighted by Gasteiger charge is 2.12. The molecule has 0 aromatic carbocycles. The van der Waals surface area contributed by atoms with Crippen LogP contribution in [-0.2, 0) is 7.05 Å². The fourth-order valence-corrected chi connectivity index (χ4v) is 2.55. The van der Waals surface area contributed by atoms with Gasteiger partial charge < -0.3 is 9.88 Å². The minimum absolute atomic E-state index is 0.495. The smallest absolute Gasteiger partial charge is 0.197 e. The van der Waals surface area contributed by atoms with E-state index in [2.05, 4.69) is 20.5 Å². The van der Waals surface area contributed by atoms with Gasteiger partial charge in [0.15, 0.2) is 5.16 Å². The van der Waals surface area contributed by atoms with Crippen LogP contribution in [0.2, 0.25) is 10.0 Å². The van der Waals surface area contributed by atoms with Crippen LogP contribution in [0.1, 0.15) is 6.92 Å². The quantitative estimate of drug-likeness (QED) is 0.940. The van der Waals surface area contributed by atoms with Crippen molar-refractivity contribution in [2.45, 2.75) is 17.1 Å². The maximum Gasteiger partial charge on any atom is 0.197 e. The number of halogens is 2. The van der Waals surface area contributed by atoms with Crippen molar-refractivity contribution in [1.29, 1.82) is 0 Å². The van der Waals surface area contributed by atoms with Crippen molar-refractivity contribution in [3.63, 3.8) is 0 Å². The second-order valence-electron chi connectivity index (χ2n) is 3.46. The summed E-state index contributed by atoms with van der Waals surface area (Å²) >= 11 is 13.5. The van der Waals surface area contributed by atoms with E-state index in [1.165, 1.54) is 11.8 Å². The summed E-state index contributed by atoms with van der Waals surface area (Å²) in [4.78, 5) is 4.38. The van der Waals surface area contributed by atoms with Gasteiger partial charge in [0.2, 0.25) is 0 Å². The maximum atomic E-state index is 6.12. The largest absolute Gasteiger partial charge is 0.369 e. The maximum absolute atomic E-state index is 6.12. The third-order valence-electron chi connectivity index (χ3n) is 2.10. The van der Waals surface area contributed by atoms with Crippen LogP contribution in [0.25, 0.3) is 0 Å². The first kappa shape index (κ1) is 13.5. The minimum atomic E-state index is 0.495. The Bertz CT molecular complexity index is 557. The molecular weight excluding hydrogens is 293 g/mol. The molecule has 2 aromatic heterocycles. The van der Waals surface area contributed by atoms with Crippen molar-refractivity contribution in [3.8, 4) is 0 Å². The van der Waals surface area contributed by atoms with Crippen LogP contribution in [-0.4, -0.2) is 26.3 Å². The molecule has 0 aliphatic rings. The van der Waals surface area contributed by atoms with Crippen molar-refractivity contribution < 1.29 is 0 Å². The van der Waals surface area contributed by atoms with E-state index in [0.29, 0.717) is 26.0 Å². The molecule has 0 saturated carbocycles. The van der Waals surface area contributed by atoms with Gasteiger partial charge in [-0.05, 0) is 24.8 Å². The van der Waals surface area contributed by atoms with E-state index < -0.39 is 0 Å². The average Bonchev–Trinajstić information content (AvgIpc) is 2.71. The third-order valence-corrected chi connectivity index (χ3v) is 3.84.